The molecule has 18 heavy (non-hydrogen) atoms. The average molecular weight is 253 g/mol. The van der Waals surface area contributed by atoms with Crippen molar-refractivity contribution in [2.24, 2.45) is 5.92 Å². The number of nitrogens with zero attached hydrogens (tertiary/aromatic N) is 1. The molecule has 1 amide bonds. The van der Waals surface area contributed by atoms with Crippen molar-refractivity contribution in [3.05, 3.63) is 0 Å². The van der Waals surface area contributed by atoms with Gasteiger partial charge < -0.3 is 10.6 Å². The van der Waals surface area contributed by atoms with Gasteiger partial charge in [-0.2, -0.15) is 0 Å². The van der Waals surface area contributed by atoms with Crippen molar-refractivity contribution in [3.8, 4) is 0 Å². The third kappa shape index (κ3) is 3.04. The second-order valence-corrected chi connectivity index (χ2v) is 6.47. The Morgan fingerprint density at radius 2 is 1.78 bits per heavy atom. The SMILES string of the molecule is CC(C)C(C(=O)NC1CC2CCC(C1)N2)N(C)C. The van der Waals surface area contributed by atoms with Crippen LogP contribution in [0.1, 0.15) is 39.5 Å². The summed E-state index contributed by atoms with van der Waals surface area (Å²) in [5, 5.41) is 6.87. The van der Waals surface area contributed by atoms with E-state index in [1.807, 2.05) is 19.0 Å². The molecule has 2 saturated heterocycles. The Kier molecular flexibility index (Phi) is 4.28. The Morgan fingerprint density at radius 3 is 2.22 bits per heavy atom. The molecular formula is C14H27N3O. The van der Waals surface area contributed by atoms with Crippen LogP contribution in [0.3, 0.4) is 0 Å². The Hall–Kier alpha value is -0.610. The van der Waals surface area contributed by atoms with Crippen molar-refractivity contribution in [1.82, 2.24) is 15.5 Å². The number of fused-ring (bicyclic) bond motifs is 2. The average Bonchev–Trinajstić information content (AvgIpc) is 2.56. The quantitative estimate of drug-likeness (QED) is 0.785. The second-order valence-electron chi connectivity index (χ2n) is 6.47. The molecule has 2 fully saturated rings. The van der Waals surface area contributed by atoms with Crippen LogP contribution in [0, 0.1) is 5.92 Å². The van der Waals surface area contributed by atoms with Crippen LogP contribution in [0.5, 0.6) is 0 Å². The van der Waals surface area contributed by atoms with Crippen molar-refractivity contribution in [1.29, 1.82) is 0 Å². The van der Waals surface area contributed by atoms with E-state index >= 15 is 0 Å². The number of rotatable bonds is 4. The van der Waals surface area contributed by atoms with Crippen LogP contribution in [-0.4, -0.2) is 49.1 Å². The van der Waals surface area contributed by atoms with Gasteiger partial charge in [0, 0.05) is 18.1 Å². The molecular weight excluding hydrogens is 226 g/mol. The minimum absolute atomic E-state index is 0.0162. The lowest BCUT2D eigenvalue weighted by Gasteiger charge is -2.33. The summed E-state index contributed by atoms with van der Waals surface area (Å²) in [4.78, 5) is 14.4. The lowest BCUT2D eigenvalue weighted by Crippen LogP contribution is -2.53. The van der Waals surface area contributed by atoms with Crippen LogP contribution in [0.15, 0.2) is 0 Å². The molecule has 4 heteroatoms. The predicted molar refractivity (Wildman–Crippen MR) is 73.4 cm³/mol. The topological polar surface area (TPSA) is 44.4 Å². The van der Waals surface area contributed by atoms with Crippen molar-refractivity contribution >= 4 is 5.91 Å². The van der Waals surface area contributed by atoms with Crippen LogP contribution in [0.4, 0.5) is 0 Å². The van der Waals surface area contributed by atoms with Gasteiger partial charge in [0.2, 0.25) is 5.91 Å². The van der Waals surface area contributed by atoms with Gasteiger partial charge in [0.1, 0.15) is 0 Å². The van der Waals surface area contributed by atoms with E-state index < -0.39 is 0 Å². The number of carbonyl (C=O) groups is 1. The number of hydrogen-bond acceptors (Lipinski definition) is 3. The highest BCUT2D eigenvalue weighted by molar-refractivity contribution is 5.82. The highest BCUT2D eigenvalue weighted by atomic mass is 16.2. The molecule has 0 aromatic heterocycles. The summed E-state index contributed by atoms with van der Waals surface area (Å²) in [6.07, 6.45) is 4.75. The number of carbonyl (C=O) groups excluding carboxylic acids is 1. The molecule has 0 radical (unpaired) electrons. The molecule has 0 aromatic carbocycles. The standard InChI is InChI=1S/C14H27N3O/c1-9(2)13(17(3)4)14(18)16-12-7-10-5-6-11(8-12)15-10/h9-13,15H,5-8H2,1-4H3,(H,16,18). The first kappa shape index (κ1) is 13.8. The number of likely N-dealkylation sites (N-methyl/N-ethyl adjacent to an activating group) is 1. The van der Waals surface area contributed by atoms with Gasteiger partial charge in [-0.05, 0) is 45.7 Å². The second kappa shape index (κ2) is 5.57. The number of nitrogens with one attached hydrogen (secondary N) is 2. The van der Waals surface area contributed by atoms with E-state index in [-0.39, 0.29) is 11.9 Å². The van der Waals surface area contributed by atoms with Gasteiger partial charge in [-0.3, -0.25) is 9.69 Å². The monoisotopic (exact) mass is 253 g/mol. The summed E-state index contributed by atoms with van der Waals surface area (Å²) in [7, 11) is 3.97. The van der Waals surface area contributed by atoms with Crippen LogP contribution in [-0.2, 0) is 4.79 Å². The molecule has 0 spiro atoms. The van der Waals surface area contributed by atoms with Gasteiger partial charge >= 0.3 is 0 Å². The molecule has 2 aliphatic rings. The van der Waals surface area contributed by atoms with E-state index in [2.05, 4.69) is 24.5 Å². The van der Waals surface area contributed by atoms with Crippen LogP contribution in [0.25, 0.3) is 0 Å². The number of piperidine rings is 1. The minimum Gasteiger partial charge on any atom is -0.352 e. The van der Waals surface area contributed by atoms with E-state index in [1.54, 1.807) is 0 Å². The summed E-state index contributed by atoms with van der Waals surface area (Å²) in [6, 6.07) is 1.62. The number of hydrogen-bond donors (Lipinski definition) is 2. The van der Waals surface area contributed by atoms with Crippen LogP contribution < -0.4 is 10.6 Å². The molecule has 3 unspecified atom stereocenters. The minimum atomic E-state index is -0.0162. The van der Waals surface area contributed by atoms with Gasteiger partial charge in [0.25, 0.3) is 0 Å². The van der Waals surface area contributed by atoms with Gasteiger partial charge in [0.05, 0.1) is 6.04 Å². The molecule has 2 aliphatic heterocycles. The Bertz CT molecular complexity index is 283. The molecule has 0 aromatic rings. The summed E-state index contributed by atoms with van der Waals surface area (Å²) in [6.45, 7) is 4.22. The zero-order valence-corrected chi connectivity index (χ0v) is 12.1. The first-order chi connectivity index (χ1) is 8.47. The molecule has 3 atom stereocenters. The maximum Gasteiger partial charge on any atom is 0.237 e. The van der Waals surface area contributed by atoms with Crippen LogP contribution >= 0.6 is 0 Å². The zero-order chi connectivity index (χ0) is 13.3. The maximum atomic E-state index is 12.4. The van der Waals surface area contributed by atoms with E-state index in [1.165, 1.54) is 12.8 Å². The summed E-state index contributed by atoms with van der Waals surface area (Å²) in [5.41, 5.74) is 0. The van der Waals surface area contributed by atoms with E-state index in [9.17, 15) is 4.79 Å². The molecule has 2 bridgehead atoms. The fourth-order valence-corrected chi connectivity index (χ4v) is 3.60. The molecule has 2 heterocycles. The fourth-order valence-electron chi connectivity index (χ4n) is 3.60. The molecule has 2 N–H and O–H groups in total. The smallest absolute Gasteiger partial charge is 0.237 e. The Labute approximate surface area is 110 Å². The third-order valence-corrected chi connectivity index (χ3v) is 4.28. The van der Waals surface area contributed by atoms with Gasteiger partial charge in [-0.15, -0.1) is 0 Å². The van der Waals surface area contributed by atoms with Crippen molar-refractivity contribution in [3.63, 3.8) is 0 Å². The van der Waals surface area contributed by atoms with Crippen LogP contribution in [0.2, 0.25) is 0 Å². The largest absolute Gasteiger partial charge is 0.352 e. The molecule has 0 aliphatic carbocycles. The van der Waals surface area contributed by atoms with E-state index in [0.29, 0.717) is 24.0 Å². The Morgan fingerprint density at radius 1 is 1.22 bits per heavy atom. The maximum absolute atomic E-state index is 12.4. The number of amides is 1. The summed E-state index contributed by atoms with van der Waals surface area (Å²) >= 11 is 0. The third-order valence-electron chi connectivity index (χ3n) is 4.28. The van der Waals surface area contributed by atoms with Crippen molar-refractivity contribution in [2.45, 2.75) is 63.7 Å². The van der Waals surface area contributed by atoms with Gasteiger partial charge in [-0.1, -0.05) is 13.8 Å². The lowest BCUT2D eigenvalue weighted by molar-refractivity contribution is -0.127. The van der Waals surface area contributed by atoms with Crippen molar-refractivity contribution < 1.29 is 4.79 Å². The van der Waals surface area contributed by atoms with E-state index in [4.69, 9.17) is 0 Å². The molecule has 4 nitrogen and oxygen atoms in total. The van der Waals surface area contributed by atoms with Gasteiger partial charge in [0.15, 0.2) is 0 Å². The van der Waals surface area contributed by atoms with Gasteiger partial charge in [-0.25, -0.2) is 0 Å². The van der Waals surface area contributed by atoms with E-state index in [0.717, 1.165) is 12.8 Å². The zero-order valence-electron chi connectivity index (χ0n) is 12.1. The molecule has 2 rings (SSSR count). The summed E-state index contributed by atoms with van der Waals surface area (Å²) in [5.74, 6) is 0.541. The highest BCUT2D eigenvalue weighted by Gasteiger charge is 2.35. The van der Waals surface area contributed by atoms with Crippen molar-refractivity contribution in [2.75, 3.05) is 14.1 Å². The predicted octanol–water partition coefficient (Wildman–Crippen LogP) is 0.972. The molecule has 104 valence electrons. The lowest BCUT2D eigenvalue weighted by atomic mass is 9.97. The molecule has 0 saturated carbocycles. The first-order valence-electron chi connectivity index (χ1n) is 7.20. The first-order valence-corrected chi connectivity index (χ1v) is 7.20. The normalized spacial score (nSPS) is 32.9. The highest BCUT2D eigenvalue weighted by Crippen LogP contribution is 2.27. The summed E-state index contributed by atoms with van der Waals surface area (Å²) < 4.78 is 0. The fraction of sp³-hybridized carbons (Fsp3) is 0.929. The Balaban J connectivity index is 1.90.